The minimum Gasteiger partial charge on any atom is -0.383 e. The molecule has 0 spiro atoms. The Hall–Kier alpha value is -0.610. The van der Waals surface area contributed by atoms with E-state index in [1.807, 2.05) is 6.07 Å². The Kier molecular flexibility index (Phi) is 4.18. The van der Waals surface area contributed by atoms with Crippen molar-refractivity contribution in [1.82, 2.24) is 10.3 Å². The number of nitrogens with one attached hydrogen (secondary N) is 1. The van der Waals surface area contributed by atoms with Gasteiger partial charge in [-0.3, -0.25) is 0 Å². The second kappa shape index (κ2) is 5.19. The molecule has 0 amide bonds. The van der Waals surface area contributed by atoms with Gasteiger partial charge in [0.2, 0.25) is 0 Å². The summed E-state index contributed by atoms with van der Waals surface area (Å²) in [6.07, 6.45) is 2.83. The van der Waals surface area contributed by atoms with Crippen molar-refractivity contribution in [3.63, 3.8) is 0 Å². The Balaban J connectivity index is 2.59. The van der Waals surface area contributed by atoms with Crippen molar-refractivity contribution in [2.75, 3.05) is 12.3 Å². The molecule has 0 radical (unpaired) electrons. The van der Waals surface area contributed by atoms with Crippen LogP contribution in [0.25, 0.3) is 0 Å². The van der Waals surface area contributed by atoms with Gasteiger partial charge < -0.3 is 11.1 Å². The van der Waals surface area contributed by atoms with Gasteiger partial charge in [-0.2, -0.15) is 0 Å². The Morgan fingerprint density at radius 1 is 1.62 bits per heavy atom. The topological polar surface area (TPSA) is 50.9 Å². The minimum absolute atomic E-state index is 0.604. The molecular formula is C9H14BrN3. The van der Waals surface area contributed by atoms with Crippen LogP contribution in [0.1, 0.15) is 18.9 Å². The standard InChI is InChI=1S/C9H14BrN3/c1-2-3-12-5-7-4-8(10)6-13-9(7)11/h4,6,12H,2-3,5H2,1H3,(H2,11,13). The average molecular weight is 244 g/mol. The molecule has 72 valence electrons. The molecule has 1 aromatic rings. The van der Waals surface area contributed by atoms with Gasteiger partial charge in [-0.15, -0.1) is 0 Å². The first-order valence-corrected chi connectivity index (χ1v) is 5.14. The number of hydrogen-bond donors (Lipinski definition) is 2. The normalized spacial score (nSPS) is 10.3. The van der Waals surface area contributed by atoms with Crippen molar-refractivity contribution in [1.29, 1.82) is 0 Å². The van der Waals surface area contributed by atoms with Gasteiger partial charge in [0.05, 0.1) is 0 Å². The molecule has 0 aliphatic carbocycles. The van der Waals surface area contributed by atoms with Crippen LogP contribution in [0, 0.1) is 0 Å². The zero-order chi connectivity index (χ0) is 9.68. The molecule has 0 aromatic carbocycles. The third-order valence-corrected chi connectivity index (χ3v) is 2.14. The first-order chi connectivity index (χ1) is 6.24. The van der Waals surface area contributed by atoms with E-state index in [2.05, 4.69) is 33.2 Å². The molecule has 13 heavy (non-hydrogen) atoms. The van der Waals surface area contributed by atoms with E-state index in [1.165, 1.54) is 0 Å². The molecule has 0 aliphatic rings. The fourth-order valence-electron chi connectivity index (χ4n) is 1.03. The highest BCUT2D eigenvalue weighted by atomic mass is 79.9. The number of anilines is 1. The van der Waals surface area contributed by atoms with E-state index in [4.69, 9.17) is 5.73 Å². The van der Waals surface area contributed by atoms with Gasteiger partial charge in [0.15, 0.2) is 0 Å². The largest absolute Gasteiger partial charge is 0.383 e. The Morgan fingerprint density at radius 2 is 2.38 bits per heavy atom. The van der Waals surface area contributed by atoms with E-state index in [0.29, 0.717) is 5.82 Å². The molecular weight excluding hydrogens is 230 g/mol. The monoisotopic (exact) mass is 243 g/mol. The fraction of sp³-hybridized carbons (Fsp3) is 0.444. The summed E-state index contributed by atoms with van der Waals surface area (Å²) < 4.78 is 0.968. The van der Waals surface area contributed by atoms with Gasteiger partial charge in [-0.05, 0) is 35.0 Å². The zero-order valence-electron chi connectivity index (χ0n) is 7.68. The molecule has 0 bridgehead atoms. The van der Waals surface area contributed by atoms with Gasteiger partial charge >= 0.3 is 0 Å². The smallest absolute Gasteiger partial charge is 0.127 e. The summed E-state index contributed by atoms with van der Waals surface area (Å²) in [5, 5.41) is 3.28. The van der Waals surface area contributed by atoms with Crippen LogP contribution in [0.3, 0.4) is 0 Å². The van der Waals surface area contributed by atoms with Crippen LogP contribution in [0.4, 0.5) is 5.82 Å². The number of pyridine rings is 1. The van der Waals surface area contributed by atoms with Crippen LogP contribution < -0.4 is 11.1 Å². The lowest BCUT2D eigenvalue weighted by Crippen LogP contribution is -2.15. The summed E-state index contributed by atoms with van der Waals surface area (Å²) in [5.41, 5.74) is 6.74. The highest BCUT2D eigenvalue weighted by Crippen LogP contribution is 2.14. The van der Waals surface area contributed by atoms with Gasteiger partial charge in [0.25, 0.3) is 0 Å². The molecule has 1 rings (SSSR count). The van der Waals surface area contributed by atoms with E-state index in [9.17, 15) is 0 Å². The molecule has 1 heterocycles. The second-order valence-electron chi connectivity index (χ2n) is 2.87. The summed E-state index contributed by atoms with van der Waals surface area (Å²) in [6.45, 7) is 3.92. The highest BCUT2D eigenvalue weighted by molar-refractivity contribution is 9.10. The summed E-state index contributed by atoms with van der Waals surface area (Å²) in [6, 6.07) is 1.99. The van der Waals surface area contributed by atoms with Crippen LogP contribution in [-0.2, 0) is 6.54 Å². The van der Waals surface area contributed by atoms with Crippen LogP contribution >= 0.6 is 15.9 Å². The molecule has 1 aromatic heterocycles. The van der Waals surface area contributed by atoms with Crippen LogP contribution in [0.2, 0.25) is 0 Å². The van der Waals surface area contributed by atoms with E-state index >= 15 is 0 Å². The maximum atomic E-state index is 5.70. The summed E-state index contributed by atoms with van der Waals surface area (Å²) in [7, 11) is 0. The maximum Gasteiger partial charge on any atom is 0.127 e. The third kappa shape index (κ3) is 3.32. The first-order valence-electron chi connectivity index (χ1n) is 4.34. The van der Waals surface area contributed by atoms with Crippen molar-refractivity contribution in [3.8, 4) is 0 Å². The second-order valence-corrected chi connectivity index (χ2v) is 3.79. The van der Waals surface area contributed by atoms with Crippen molar-refractivity contribution >= 4 is 21.7 Å². The highest BCUT2D eigenvalue weighted by Gasteiger charge is 1.99. The molecule has 0 fully saturated rings. The maximum absolute atomic E-state index is 5.70. The lowest BCUT2D eigenvalue weighted by atomic mass is 10.2. The number of nitrogens with zero attached hydrogens (tertiary/aromatic N) is 1. The van der Waals surface area contributed by atoms with Crippen molar-refractivity contribution in [2.45, 2.75) is 19.9 Å². The van der Waals surface area contributed by atoms with Crippen molar-refractivity contribution in [2.24, 2.45) is 0 Å². The lowest BCUT2D eigenvalue weighted by molar-refractivity contribution is 0.675. The summed E-state index contributed by atoms with van der Waals surface area (Å²) in [5.74, 6) is 0.604. The molecule has 0 unspecified atom stereocenters. The van der Waals surface area contributed by atoms with E-state index in [1.54, 1.807) is 6.20 Å². The van der Waals surface area contributed by atoms with Crippen molar-refractivity contribution < 1.29 is 0 Å². The number of nitrogens with two attached hydrogens (primary N) is 1. The molecule has 3 nitrogen and oxygen atoms in total. The molecule has 4 heteroatoms. The zero-order valence-corrected chi connectivity index (χ0v) is 9.26. The van der Waals surface area contributed by atoms with E-state index in [-0.39, 0.29) is 0 Å². The number of halogens is 1. The predicted octanol–water partition coefficient (Wildman–Crippen LogP) is 1.93. The van der Waals surface area contributed by atoms with Gasteiger partial charge in [0, 0.05) is 22.8 Å². The molecule has 0 aliphatic heterocycles. The number of aromatic nitrogens is 1. The van der Waals surface area contributed by atoms with Crippen LogP contribution in [-0.4, -0.2) is 11.5 Å². The van der Waals surface area contributed by atoms with Crippen molar-refractivity contribution in [3.05, 3.63) is 22.3 Å². The molecule has 0 saturated carbocycles. The van der Waals surface area contributed by atoms with Gasteiger partial charge in [-0.25, -0.2) is 4.98 Å². The predicted molar refractivity (Wildman–Crippen MR) is 58.3 cm³/mol. The average Bonchev–Trinajstić information content (AvgIpc) is 2.11. The SMILES string of the molecule is CCCNCc1cc(Br)cnc1N. The van der Waals surface area contributed by atoms with E-state index < -0.39 is 0 Å². The minimum atomic E-state index is 0.604. The fourth-order valence-corrected chi connectivity index (χ4v) is 1.41. The quantitative estimate of drug-likeness (QED) is 0.795. The third-order valence-electron chi connectivity index (χ3n) is 1.71. The number of hydrogen-bond acceptors (Lipinski definition) is 3. The van der Waals surface area contributed by atoms with E-state index in [0.717, 1.165) is 29.5 Å². The van der Waals surface area contributed by atoms with Gasteiger partial charge in [-0.1, -0.05) is 6.92 Å². The summed E-state index contributed by atoms with van der Waals surface area (Å²) >= 11 is 3.36. The van der Waals surface area contributed by atoms with Gasteiger partial charge in [0.1, 0.15) is 5.82 Å². The first kappa shape index (κ1) is 10.5. The van der Waals surface area contributed by atoms with Crippen LogP contribution in [0.15, 0.2) is 16.7 Å². The summed E-state index contributed by atoms with van der Waals surface area (Å²) in [4.78, 5) is 4.05. The number of rotatable bonds is 4. The van der Waals surface area contributed by atoms with Crippen LogP contribution in [0.5, 0.6) is 0 Å². The Labute approximate surface area is 86.9 Å². The molecule has 3 N–H and O–H groups in total. The number of nitrogen functional groups attached to an aromatic ring is 1. The molecule has 0 saturated heterocycles. The Morgan fingerprint density at radius 3 is 3.08 bits per heavy atom. The Bertz CT molecular complexity index is 276. The lowest BCUT2D eigenvalue weighted by Gasteiger charge is -2.05. The molecule has 0 atom stereocenters.